The topological polar surface area (TPSA) is 64.6 Å². The smallest absolute Gasteiger partial charge is 0.323 e. The summed E-state index contributed by atoms with van der Waals surface area (Å²) in [4.78, 5) is 11.9. The lowest BCUT2D eigenvalue weighted by Crippen LogP contribution is -2.34. The van der Waals surface area contributed by atoms with Crippen molar-refractivity contribution in [3.8, 4) is 5.75 Å². The summed E-state index contributed by atoms with van der Waals surface area (Å²) in [7, 11) is -3.22. The summed E-state index contributed by atoms with van der Waals surface area (Å²) in [5.41, 5.74) is 0. The highest BCUT2D eigenvalue weighted by Crippen LogP contribution is 2.42. The van der Waals surface area contributed by atoms with Gasteiger partial charge in [0.2, 0.25) is 0 Å². The van der Waals surface area contributed by atoms with E-state index in [1.165, 1.54) is 6.66 Å². The first-order chi connectivity index (χ1) is 11.4. The Morgan fingerprint density at radius 2 is 1.92 bits per heavy atom. The van der Waals surface area contributed by atoms with E-state index < -0.39 is 19.5 Å². The van der Waals surface area contributed by atoms with E-state index in [0.29, 0.717) is 12.4 Å². The lowest BCUT2D eigenvalue weighted by atomic mass is 10.1. The Labute approximate surface area is 142 Å². The second-order valence-electron chi connectivity index (χ2n) is 5.79. The average Bonchev–Trinajstić information content (AvgIpc) is 2.54. The number of nitrogens with one attached hydrogen (secondary N) is 1. The Bertz CT molecular complexity index is 741. The predicted molar refractivity (Wildman–Crippen MR) is 96.6 cm³/mol. The molecule has 2 aromatic rings. The van der Waals surface area contributed by atoms with Crippen LogP contribution in [0.3, 0.4) is 0 Å². The molecule has 0 aromatic heterocycles. The Morgan fingerprint density at radius 3 is 2.67 bits per heavy atom. The fourth-order valence-corrected chi connectivity index (χ4v) is 3.73. The number of hydrogen-bond donors (Lipinski definition) is 1. The predicted octanol–water partition coefficient (Wildman–Crippen LogP) is 4.36. The first-order valence-corrected chi connectivity index (χ1v) is 10.2. The normalized spacial score (nSPS) is 14.8. The van der Waals surface area contributed by atoms with Gasteiger partial charge in [-0.2, -0.15) is 0 Å². The van der Waals surface area contributed by atoms with E-state index >= 15 is 0 Å². The van der Waals surface area contributed by atoms with E-state index in [9.17, 15) is 9.36 Å². The van der Waals surface area contributed by atoms with Crippen molar-refractivity contribution in [3.05, 3.63) is 42.5 Å². The van der Waals surface area contributed by atoms with Crippen LogP contribution in [0, 0.1) is 0 Å². The van der Waals surface area contributed by atoms with Gasteiger partial charge in [-0.25, -0.2) is 5.09 Å². The van der Waals surface area contributed by atoms with Crippen LogP contribution in [0.15, 0.2) is 42.5 Å². The molecule has 0 radical (unpaired) electrons. The van der Waals surface area contributed by atoms with E-state index in [-0.39, 0.29) is 0 Å². The fourth-order valence-electron chi connectivity index (χ4n) is 2.34. The van der Waals surface area contributed by atoms with Gasteiger partial charge in [-0.3, -0.25) is 9.36 Å². The van der Waals surface area contributed by atoms with E-state index in [1.54, 1.807) is 13.0 Å². The van der Waals surface area contributed by atoms with E-state index in [0.717, 1.165) is 23.6 Å². The molecule has 1 unspecified atom stereocenters. The number of fused-ring (bicyclic) bond motifs is 1. The number of benzene rings is 2. The van der Waals surface area contributed by atoms with Crippen molar-refractivity contribution in [2.24, 2.45) is 0 Å². The molecular weight excluding hydrogens is 325 g/mol. The summed E-state index contributed by atoms with van der Waals surface area (Å²) >= 11 is 0. The third-order valence-corrected chi connectivity index (χ3v) is 4.95. The molecule has 130 valence electrons. The van der Waals surface area contributed by atoms with Crippen molar-refractivity contribution in [1.82, 2.24) is 5.09 Å². The maximum Gasteiger partial charge on any atom is 0.323 e. The number of hydrogen-bond acceptors (Lipinski definition) is 4. The summed E-state index contributed by atoms with van der Waals surface area (Å²) in [6, 6.07) is 12.6. The van der Waals surface area contributed by atoms with Gasteiger partial charge in [0, 0.05) is 12.1 Å². The molecule has 0 aliphatic carbocycles. The molecule has 1 N–H and O–H groups in total. The van der Waals surface area contributed by atoms with Crippen molar-refractivity contribution in [1.29, 1.82) is 0 Å². The van der Waals surface area contributed by atoms with Gasteiger partial charge >= 0.3 is 13.5 Å². The standard InChI is InChI=1S/C18H24NO4P/c1-4-5-13-22-18(20)14(2)19-24(3,21)23-17-12-8-10-15-9-6-7-11-16(15)17/h6-12,14H,4-5,13H2,1-3H3,(H,19,21)/t14-,24?/m0/s1. The number of carbonyl (C=O) groups is 1. The zero-order valence-electron chi connectivity index (χ0n) is 14.3. The van der Waals surface area contributed by atoms with Crippen LogP contribution < -0.4 is 9.61 Å². The number of rotatable bonds is 8. The molecule has 6 heteroatoms. The third kappa shape index (κ3) is 5.08. The minimum absolute atomic E-state index is 0.375. The van der Waals surface area contributed by atoms with Gasteiger partial charge < -0.3 is 9.26 Å². The van der Waals surface area contributed by atoms with E-state index in [1.807, 2.05) is 43.3 Å². The zero-order chi connectivity index (χ0) is 17.6. The SMILES string of the molecule is CCCCOC(=O)[C@H](C)NP(C)(=O)Oc1cccc2ccccc12. The van der Waals surface area contributed by atoms with Crippen LogP contribution in [-0.2, 0) is 14.1 Å². The van der Waals surface area contributed by atoms with Crippen molar-refractivity contribution in [3.63, 3.8) is 0 Å². The highest BCUT2D eigenvalue weighted by molar-refractivity contribution is 7.56. The largest absolute Gasteiger partial charge is 0.465 e. The number of carbonyl (C=O) groups excluding carboxylic acids is 1. The van der Waals surface area contributed by atoms with Crippen molar-refractivity contribution < 1.29 is 18.6 Å². The molecule has 2 aromatic carbocycles. The first-order valence-electron chi connectivity index (χ1n) is 8.12. The Kier molecular flexibility index (Phi) is 6.41. The molecule has 0 fully saturated rings. The molecule has 0 saturated heterocycles. The summed E-state index contributed by atoms with van der Waals surface area (Å²) in [5, 5.41) is 4.63. The molecule has 5 nitrogen and oxygen atoms in total. The fraction of sp³-hybridized carbons (Fsp3) is 0.389. The molecule has 0 bridgehead atoms. The minimum Gasteiger partial charge on any atom is -0.465 e. The lowest BCUT2D eigenvalue weighted by molar-refractivity contribution is -0.145. The van der Waals surface area contributed by atoms with E-state index in [4.69, 9.17) is 9.26 Å². The van der Waals surface area contributed by atoms with Gasteiger partial charge in [-0.15, -0.1) is 0 Å². The molecular formula is C18H24NO4P. The van der Waals surface area contributed by atoms with Crippen LogP contribution >= 0.6 is 7.52 Å². The average molecular weight is 349 g/mol. The third-order valence-electron chi connectivity index (χ3n) is 3.55. The highest BCUT2D eigenvalue weighted by Gasteiger charge is 2.25. The van der Waals surface area contributed by atoms with Crippen molar-refractivity contribution >= 4 is 24.3 Å². The van der Waals surface area contributed by atoms with Crippen LogP contribution in [-0.4, -0.2) is 25.3 Å². The summed E-state index contributed by atoms with van der Waals surface area (Å²) in [6.45, 7) is 5.48. The van der Waals surface area contributed by atoms with E-state index in [2.05, 4.69) is 5.09 Å². The molecule has 2 rings (SSSR count). The molecule has 0 aliphatic rings. The van der Waals surface area contributed by atoms with Crippen LogP contribution in [0.2, 0.25) is 0 Å². The molecule has 0 spiro atoms. The number of unbranched alkanes of at least 4 members (excludes halogenated alkanes) is 1. The number of ether oxygens (including phenoxy) is 1. The second-order valence-corrected chi connectivity index (χ2v) is 7.92. The molecule has 0 saturated carbocycles. The Morgan fingerprint density at radius 1 is 1.21 bits per heavy atom. The van der Waals surface area contributed by atoms with Crippen LogP contribution in [0.25, 0.3) is 10.8 Å². The van der Waals surface area contributed by atoms with Gasteiger partial charge in [-0.1, -0.05) is 49.7 Å². The summed E-state index contributed by atoms with van der Waals surface area (Å²) < 4.78 is 23.6. The van der Waals surface area contributed by atoms with Crippen LogP contribution in [0.4, 0.5) is 0 Å². The van der Waals surface area contributed by atoms with Gasteiger partial charge in [0.15, 0.2) is 0 Å². The monoisotopic (exact) mass is 349 g/mol. The summed E-state index contributed by atoms with van der Waals surface area (Å²) in [6.07, 6.45) is 1.76. The molecule has 0 amide bonds. The summed E-state index contributed by atoms with van der Waals surface area (Å²) in [5.74, 6) is 0.102. The first kappa shape index (κ1) is 18.5. The number of esters is 1. The van der Waals surface area contributed by atoms with Gasteiger partial charge in [-0.05, 0) is 24.8 Å². The molecule has 2 atom stereocenters. The lowest BCUT2D eigenvalue weighted by Gasteiger charge is -2.21. The quantitative estimate of drug-likeness (QED) is 0.436. The zero-order valence-corrected chi connectivity index (χ0v) is 15.2. The maximum absolute atomic E-state index is 12.7. The van der Waals surface area contributed by atoms with Crippen LogP contribution in [0.1, 0.15) is 26.7 Å². The second kappa shape index (κ2) is 8.32. The van der Waals surface area contributed by atoms with Gasteiger partial charge in [0.25, 0.3) is 0 Å². The molecule has 24 heavy (non-hydrogen) atoms. The van der Waals surface area contributed by atoms with Crippen molar-refractivity contribution in [2.45, 2.75) is 32.7 Å². The molecule has 0 aliphatic heterocycles. The van der Waals surface area contributed by atoms with Crippen LogP contribution in [0.5, 0.6) is 5.75 Å². The van der Waals surface area contributed by atoms with Gasteiger partial charge in [0.1, 0.15) is 11.8 Å². The van der Waals surface area contributed by atoms with Gasteiger partial charge in [0.05, 0.1) is 6.61 Å². The Balaban J connectivity index is 2.05. The molecule has 0 heterocycles. The highest BCUT2D eigenvalue weighted by atomic mass is 31.2. The maximum atomic E-state index is 12.7. The Hall–Kier alpha value is -1.84. The minimum atomic E-state index is -3.22. The van der Waals surface area contributed by atoms with Crippen molar-refractivity contribution in [2.75, 3.05) is 13.3 Å².